The van der Waals surface area contributed by atoms with Gasteiger partial charge in [-0.2, -0.15) is 0 Å². The Bertz CT molecular complexity index is 534. The van der Waals surface area contributed by atoms with Gasteiger partial charge in [0.2, 0.25) is 0 Å². The highest BCUT2D eigenvalue weighted by molar-refractivity contribution is 9.10. The molecule has 0 aromatic heterocycles. The van der Waals surface area contributed by atoms with Gasteiger partial charge < -0.3 is 0 Å². The largest absolute Gasteiger partial charge is 0.280 e. The van der Waals surface area contributed by atoms with Gasteiger partial charge in [-0.25, -0.2) is 8.42 Å². The molecule has 0 spiro atoms. The molecule has 2 rings (SSSR count). The van der Waals surface area contributed by atoms with E-state index in [0.717, 1.165) is 10.0 Å². The van der Waals surface area contributed by atoms with E-state index in [1.54, 1.807) is 12.1 Å². The Labute approximate surface area is 91.0 Å². The van der Waals surface area contributed by atoms with Crippen molar-refractivity contribution < 1.29 is 8.42 Å². The van der Waals surface area contributed by atoms with Gasteiger partial charge in [0.1, 0.15) is 0 Å². The lowest BCUT2D eigenvalue weighted by atomic mass is 10.1. The third kappa shape index (κ3) is 1.19. The van der Waals surface area contributed by atoms with Crippen LogP contribution in [0, 0.1) is 6.92 Å². The van der Waals surface area contributed by atoms with Crippen molar-refractivity contribution in [2.24, 2.45) is 0 Å². The predicted molar refractivity (Wildman–Crippen MR) is 58.2 cm³/mol. The number of rotatable bonds is 0. The summed E-state index contributed by atoms with van der Waals surface area (Å²) in [4.78, 5) is 0.309. The second-order valence-corrected chi connectivity index (χ2v) is 5.63. The van der Waals surface area contributed by atoms with E-state index < -0.39 is 10.0 Å². The smallest absolute Gasteiger partial charge is 0.262 e. The quantitative estimate of drug-likeness (QED) is 0.786. The molecule has 3 nitrogen and oxygen atoms in total. The number of halogens is 1. The molecule has 1 aromatic carbocycles. The number of hydrogen-bond acceptors (Lipinski definition) is 2. The fourth-order valence-corrected chi connectivity index (χ4v) is 3.19. The third-order valence-corrected chi connectivity index (χ3v) is 4.50. The van der Waals surface area contributed by atoms with Crippen LogP contribution in [-0.4, -0.2) is 8.42 Å². The number of hydrogen-bond donors (Lipinski definition) is 1. The maximum atomic E-state index is 11.5. The van der Waals surface area contributed by atoms with Crippen molar-refractivity contribution in [2.75, 3.05) is 0 Å². The molecule has 0 atom stereocenters. The van der Waals surface area contributed by atoms with Crippen LogP contribution in [0.2, 0.25) is 0 Å². The minimum Gasteiger partial charge on any atom is -0.280 e. The molecule has 0 bridgehead atoms. The van der Waals surface area contributed by atoms with Crippen LogP contribution in [-0.2, 0) is 10.0 Å². The maximum absolute atomic E-state index is 11.5. The van der Waals surface area contributed by atoms with Crippen LogP contribution in [0.15, 0.2) is 28.1 Å². The van der Waals surface area contributed by atoms with Crippen LogP contribution < -0.4 is 4.72 Å². The van der Waals surface area contributed by atoms with Crippen molar-refractivity contribution >= 4 is 31.7 Å². The van der Waals surface area contributed by atoms with E-state index in [1.807, 2.05) is 6.92 Å². The first-order chi connectivity index (χ1) is 6.43. The van der Waals surface area contributed by atoms with Gasteiger partial charge in [-0.3, -0.25) is 4.72 Å². The van der Waals surface area contributed by atoms with Crippen LogP contribution in [0.4, 0.5) is 0 Å². The number of fused-ring (bicyclic) bond motifs is 1. The summed E-state index contributed by atoms with van der Waals surface area (Å²) in [5.74, 6) is 0. The van der Waals surface area contributed by atoms with Crippen molar-refractivity contribution in [2.45, 2.75) is 11.8 Å². The summed E-state index contributed by atoms with van der Waals surface area (Å²) in [6.45, 7) is 5.54. The summed E-state index contributed by atoms with van der Waals surface area (Å²) in [6, 6.07) is 3.30. The first-order valence-electron chi connectivity index (χ1n) is 3.94. The van der Waals surface area contributed by atoms with Crippen molar-refractivity contribution in [3.05, 3.63) is 34.3 Å². The van der Waals surface area contributed by atoms with E-state index in [0.29, 0.717) is 16.2 Å². The zero-order chi connectivity index (χ0) is 10.5. The molecule has 0 amide bonds. The van der Waals surface area contributed by atoms with Gasteiger partial charge in [-0.15, -0.1) is 0 Å². The molecule has 1 aliphatic heterocycles. The second kappa shape index (κ2) is 2.84. The highest BCUT2D eigenvalue weighted by Crippen LogP contribution is 2.34. The maximum Gasteiger partial charge on any atom is 0.262 e. The first-order valence-corrected chi connectivity index (χ1v) is 6.22. The summed E-state index contributed by atoms with van der Waals surface area (Å²) in [5, 5.41) is 0. The van der Waals surface area contributed by atoms with Gasteiger partial charge in [0.15, 0.2) is 0 Å². The standard InChI is InChI=1S/C9H8BrNO2S/c1-5-7(10)3-4-8-9(5)6(2)11-14(8,12)13/h3-4,11H,2H2,1H3. The van der Waals surface area contributed by atoms with E-state index in [2.05, 4.69) is 27.2 Å². The molecular weight excluding hydrogens is 266 g/mol. The fourth-order valence-electron chi connectivity index (χ4n) is 1.53. The highest BCUT2D eigenvalue weighted by atomic mass is 79.9. The Kier molecular flexibility index (Phi) is 1.97. The SMILES string of the molecule is C=C1NS(=O)(=O)c2ccc(Br)c(C)c21. The highest BCUT2D eigenvalue weighted by Gasteiger charge is 2.30. The Morgan fingerprint density at radius 1 is 1.43 bits per heavy atom. The lowest BCUT2D eigenvalue weighted by Gasteiger charge is -2.03. The van der Waals surface area contributed by atoms with Crippen LogP contribution in [0.3, 0.4) is 0 Å². The Morgan fingerprint density at radius 2 is 2.07 bits per heavy atom. The summed E-state index contributed by atoms with van der Waals surface area (Å²) in [5.41, 5.74) is 2.01. The lowest BCUT2D eigenvalue weighted by molar-refractivity contribution is 0.594. The molecule has 0 aliphatic carbocycles. The van der Waals surface area contributed by atoms with E-state index >= 15 is 0 Å². The average molecular weight is 274 g/mol. The molecule has 14 heavy (non-hydrogen) atoms. The van der Waals surface area contributed by atoms with Crippen LogP contribution in [0.1, 0.15) is 11.1 Å². The molecule has 0 unspecified atom stereocenters. The Balaban J connectivity index is 2.89. The topological polar surface area (TPSA) is 46.2 Å². The van der Waals surface area contributed by atoms with E-state index in [4.69, 9.17) is 0 Å². The Hall–Kier alpha value is -0.810. The molecular formula is C9H8BrNO2S. The third-order valence-electron chi connectivity index (χ3n) is 2.21. The molecule has 5 heteroatoms. The zero-order valence-corrected chi connectivity index (χ0v) is 9.87. The van der Waals surface area contributed by atoms with Crippen molar-refractivity contribution in [1.29, 1.82) is 0 Å². The number of nitrogens with one attached hydrogen (secondary N) is 1. The fraction of sp³-hybridized carbons (Fsp3) is 0.111. The second-order valence-electron chi connectivity index (χ2n) is 3.13. The van der Waals surface area contributed by atoms with Crippen molar-refractivity contribution in [1.82, 2.24) is 4.72 Å². The normalized spacial score (nSPS) is 17.7. The average Bonchev–Trinajstić information content (AvgIpc) is 2.29. The van der Waals surface area contributed by atoms with Crippen LogP contribution >= 0.6 is 15.9 Å². The van der Waals surface area contributed by atoms with Gasteiger partial charge in [-0.05, 0) is 24.6 Å². The first kappa shape index (κ1) is 9.73. The van der Waals surface area contributed by atoms with E-state index in [1.165, 1.54) is 0 Å². The van der Waals surface area contributed by atoms with Gasteiger partial charge in [0.05, 0.1) is 10.6 Å². The van der Waals surface area contributed by atoms with Gasteiger partial charge in [0, 0.05) is 10.0 Å². The minimum atomic E-state index is -3.36. The minimum absolute atomic E-state index is 0.309. The molecule has 1 N–H and O–H groups in total. The molecule has 0 saturated carbocycles. The van der Waals surface area contributed by atoms with Crippen LogP contribution in [0.5, 0.6) is 0 Å². The predicted octanol–water partition coefficient (Wildman–Crippen LogP) is 2.02. The van der Waals surface area contributed by atoms with E-state index in [-0.39, 0.29) is 0 Å². The molecule has 1 heterocycles. The van der Waals surface area contributed by atoms with Gasteiger partial charge in [-0.1, -0.05) is 22.5 Å². The zero-order valence-electron chi connectivity index (χ0n) is 7.46. The van der Waals surface area contributed by atoms with Gasteiger partial charge in [0.25, 0.3) is 10.0 Å². The summed E-state index contributed by atoms with van der Waals surface area (Å²) < 4.78 is 26.3. The van der Waals surface area contributed by atoms with E-state index in [9.17, 15) is 8.42 Å². The molecule has 74 valence electrons. The molecule has 0 saturated heterocycles. The van der Waals surface area contributed by atoms with Gasteiger partial charge >= 0.3 is 0 Å². The van der Waals surface area contributed by atoms with Crippen LogP contribution in [0.25, 0.3) is 5.70 Å². The molecule has 1 aromatic rings. The summed E-state index contributed by atoms with van der Waals surface area (Å²) in [7, 11) is -3.36. The number of benzene rings is 1. The Morgan fingerprint density at radius 3 is 2.71 bits per heavy atom. The molecule has 0 fully saturated rings. The summed E-state index contributed by atoms with van der Waals surface area (Å²) >= 11 is 3.35. The molecule has 1 aliphatic rings. The van der Waals surface area contributed by atoms with Crippen molar-refractivity contribution in [3.63, 3.8) is 0 Å². The van der Waals surface area contributed by atoms with Crippen molar-refractivity contribution in [3.8, 4) is 0 Å². The monoisotopic (exact) mass is 273 g/mol. The lowest BCUT2D eigenvalue weighted by Crippen LogP contribution is -2.12. The number of sulfonamides is 1. The summed E-state index contributed by atoms with van der Waals surface area (Å²) in [6.07, 6.45) is 0. The molecule has 0 radical (unpaired) electrons.